The van der Waals surface area contributed by atoms with E-state index in [1.807, 2.05) is 12.1 Å². The topological polar surface area (TPSA) is 26.0 Å². The van der Waals surface area contributed by atoms with E-state index < -0.39 is 0 Å². The monoisotopic (exact) mass is 195 g/mol. The molecule has 2 N–H and O–H groups in total. The highest BCUT2D eigenvalue weighted by atomic mass is 19.1. The van der Waals surface area contributed by atoms with Crippen molar-refractivity contribution in [2.75, 3.05) is 6.54 Å². The fourth-order valence-corrected chi connectivity index (χ4v) is 1.59. The van der Waals surface area contributed by atoms with Crippen LogP contribution in [0, 0.1) is 5.82 Å². The summed E-state index contributed by atoms with van der Waals surface area (Å²) >= 11 is 0. The first kappa shape index (κ1) is 11.2. The summed E-state index contributed by atoms with van der Waals surface area (Å²) in [5.41, 5.74) is 6.74. The van der Waals surface area contributed by atoms with Crippen LogP contribution >= 0.6 is 0 Å². The van der Waals surface area contributed by atoms with Gasteiger partial charge in [-0.1, -0.05) is 26.0 Å². The third-order valence-corrected chi connectivity index (χ3v) is 2.63. The Morgan fingerprint density at radius 2 is 1.79 bits per heavy atom. The van der Waals surface area contributed by atoms with E-state index in [4.69, 9.17) is 5.73 Å². The Hall–Kier alpha value is -0.890. The Morgan fingerprint density at radius 1 is 1.21 bits per heavy atom. The largest absolute Gasteiger partial charge is 0.330 e. The fraction of sp³-hybridized carbons (Fsp3) is 0.500. The Balaban J connectivity index is 2.75. The number of benzene rings is 1. The zero-order valence-corrected chi connectivity index (χ0v) is 8.89. The Labute approximate surface area is 85.1 Å². The first-order valence-corrected chi connectivity index (χ1v) is 5.02. The lowest BCUT2D eigenvalue weighted by atomic mass is 9.80. The van der Waals surface area contributed by atoms with Crippen LogP contribution in [0.1, 0.15) is 32.3 Å². The molecule has 0 saturated carbocycles. The van der Waals surface area contributed by atoms with E-state index in [2.05, 4.69) is 13.8 Å². The summed E-state index contributed by atoms with van der Waals surface area (Å²) in [5, 5.41) is 0. The quantitative estimate of drug-likeness (QED) is 0.785. The molecule has 0 heterocycles. The molecule has 78 valence electrons. The van der Waals surface area contributed by atoms with E-state index in [0.29, 0.717) is 6.54 Å². The van der Waals surface area contributed by atoms with Gasteiger partial charge in [-0.15, -0.1) is 0 Å². The van der Waals surface area contributed by atoms with Gasteiger partial charge in [0.15, 0.2) is 0 Å². The summed E-state index contributed by atoms with van der Waals surface area (Å²) in [7, 11) is 0. The number of nitrogens with two attached hydrogens (primary N) is 1. The van der Waals surface area contributed by atoms with E-state index in [-0.39, 0.29) is 11.2 Å². The normalized spacial score (nSPS) is 11.7. The predicted molar refractivity (Wildman–Crippen MR) is 57.7 cm³/mol. The first-order valence-electron chi connectivity index (χ1n) is 5.02. The summed E-state index contributed by atoms with van der Waals surface area (Å²) < 4.78 is 12.7. The molecule has 0 atom stereocenters. The van der Waals surface area contributed by atoms with Gasteiger partial charge in [-0.25, -0.2) is 4.39 Å². The summed E-state index contributed by atoms with van der Waals surface area (Å²) in [6, 6.07) is 6.73. The van der Waals surface area contributed by atoms with Crippen LogP contribution in [0.3, 0.4) is 0 Å². The van der Waals surface area contributed by atoms with Crippen molar-refractivity contribution in [3.8, 4) is 0 Å². The SMILES string of the molecule is CC(C)(CCCN)c1ccc(F)cc1. The van der Waals surface area contributed by atoms with Crippen LogP contribution in [0.2, 0.25) is 0 Å². The molecule has 2 heteroatoms. The van der Waals surface area contributed by atoms with Gasteiger partial charge in [0, 0.05) is 0 Å². The molecule has 0 radical (unpaired) electrons. The van der Waals surface area contributed by atoms with Crippen molar-refractivity contribution in [1.29, 1.82) is 0 Å². The molecule has 0 unspecified atom stereocenters. The van der Waals surface area contributed by atoms with E-state index in [0.717, 1.165) is 12.8 Å². The molecule has 1 nitrogen and oxygen atoms in total. The lowest BCUT2D eigenvalue weighted by Crippen LogP contribution is -2.18. The maximum absolute atomic E-state index is 12.7. The van der Waals surface area contributed by atoms with Crippen LogP contribution < -0.4 is 5.73 Å². The molecule has 1 aromatic carbocycles. The van der Waals surface area contributed by atoms with Crippen LogP contribution in [0.15, 0.2) is 24.3 Å². The minimum Gasteiger partial charge on any atom is -0.330 e. The van der Waals surface area contributed by atoms with Crippen LogP contribution in [-0.2, 0) is 5.41 Å². The minimum atomic E-state index is -0.177. The molecular weight excluding hydrogens is 177 g/mol. The minimum absolute atomic E-state index is 0.0903. The Bertz CT molecular complexity index is 277. The van der Waals surface area contributed by atoms with Crippen LogP contribution in [0.5, 0.6) is 0 Å². The number of halogens is 1. The van der Waals surface area contributed by atoms with Gasteiger partial charge in [0.2, 0.25) is 0 Å². The van der Waals surface area contributed by atoms with Gasteiger partial charge >= 0.3 is 0 Å². The van der Waals surface area contributed by atoms with Crippen molar-refractivity contribution in [3.63, 3.8) is 0 Å². The zero-order chi connectivity index (χ0) is 10.6. The summed E-state index contributed by atoms with van der Waals surface area (Å²) in [5.74, 6) is -0.177. The van der Waals surface area contributed by atoms with Crippen molar-refractivity contribution in [3.05, 3.63) is 35.6 Å². The number of hydrogen-bond donors (Lipinski definition) is 1. The molecule has 0 aliphatic rings. The van der Waals surface area contributed by atoms with Gasteiger partial charge in [-0.2, -0.15) is 0 Å². The van der Waals surface area contributed by atoms with Crippen LogP contribution in [0.4, 0.5) is 4.39 Å². The predicted octanol–water partition coefficient (Wildman–Crippen LogP) is 2.84. The second kappa shape index (κ2) is 4.56. The molecule has 0 fully saturated rings. The molecule has 0 amide bonds. The number of hydrogen-bond acceptors (Lipinski definition) is 1. The van der Waals surface area contributed by atoms with Crippen molar-refractivity contribution < 1.29 is 4.39 Å². The zero-order valence-electron chi connectivity index (χ0n) is 8.89. The van der Waals surface area contributed by atoms with Crippen LogP contribution in [0.25, 0.3) is 0 Å². The molecule has 1 rings (SSSR count). The second-order valence-corrected chi connectivity index (χ2v) is 4.28. The lowest BCUT2D eigenvalue weighted by molar-refractivity contribution is 0.464. The number of rotatable bonds is 4. The molecule has 0 aliphatic heterocycles. The third-order valence-electron chi connectivity index (χ3n) is 2.63. The highest BCUT2D eigenvalue weighted by Crippen LogP contribution is 2.27. The highest BCUT2D eigenvalue weighted by Gasteiger charge is 2.19. The first-order chi connectivity index (χ1) is 6.56. The van der Waals surface area contributed by atoms with E-state index in [9.17, 15) is 4.39 Å². The third kappa shape index (κ3) is 2.81. The van der Waals surface area contributed by atoms with Crippen molar-refractivity contribution in [2.24, 2.45) is 5.73 Å². The van der Waals surface area contributed by atoms with Gasteiger partial charge in [0.25, 0.3) is 0 Å². The fourth-order valence-electron chi connectivity index (χ4n) is 1.59. The van der Waals surface area contributed by atoms with Crippen molar-refractivity contribution >= 4 is 0 Å². The smallest absolute Gasteiger partial charge is 0.123 e. The Morgan fingerprint density at radius 3 is 2.29 bits per heavy atom. The standard InChI is InChI=1S/C12H18FN/c1-12(2,8-3-9-14)10-4-6-11(13)7-5-10/h4-7H,3,8-9,14H2,1-2H3. The maximum atomic E-state index is 12.7. The molecular formula is C12H18FN. The molecule has 14 heavy (non-hydrogen) atoms. The summed E-state index contributed by atoms with van der Waals surface area (Å²) in [6.45, 7) is 5.04. The molecule has 1 aromatic rings. The van der Waals surface area contributed by atoms with Crippen molar-refractivity contribution in [1.82, 2.24) is 0 Å². The van der Waals surface area contributed by atoms with Gasteiger partial charge in [0.1, 0.15) is 5.82 Å². The van der Waals surface area contributed by atoms with E-state index in [1.165, 1.54) is 17.7 Å². The van der Waals surface area contributed by atoms with Gasteiger partial charge in [0.05, 0.1) is 0 Å². The molecule has 0 aliphatic carbocycles. The molecule has 0 aromatic heterocycles. The van der Waals surface area contributed by atoms with Gasteiger partial charge < -0.3 is 5.73 Å². The highest BCUT2D eigenvalue weighted by molar-refractivity contribution is 5.23. The van der Waals surface area contributed by atoms with Crippen LogP contribution in [-0.4, -0.2) is 6.54 Å². The molecule has 0 spiro atoms. The van der Waals surface area contributed by atoms with E-state index >= 15 is 0 Å². The van der Waals surface area contributed by atoms with Gasteiger partial charge in [-0.05, 0) is 42.5 Å². The average Bonchev–Trinajstić information content (AvgIpc) is 2.16. The van der Waals surface area contributed by atoms with Gasteiger partial charge in [-0.3, -0.25) is 0 Å². The summed E-state index contributed by atoms with van der Waals surface area (Å²) in [4.78, 5) is 0. The second-order valence-electron chi connectivity index (χ2n) is 4.28. The van der Waals surface area contributed by atoms with E-state index in [1.54, 1.807) is 0 Å². The Kier molecular flexibility index (Phi) is 3.64. The van der Waals surface area contributed by atoms with Crippen molar-refractivity contribution in [2.45, 2.75) is 32.1 Å². The molecule has 0 bridgehead atoms. The summed E-state index contributed by atoms with van der Waals surface area (Å²) in [6.07, 6.45) is 2.04. The average molecular weight is 195 g/mol. The maximum Gasteiger partial charge on any atom is 0.123 e. The molecule has 0 saturated heterocycles. The lowest BCUT2D eigenvalue weighted by Gasteiger charge is -2.25.